The van der Waals surface area contributed by atoms with E-state index in [0.29, 0.717) is 31.2 Å². The van der Waals surface area contributed by atoms with Gasteiger partial charge in [0.1, 0.15) is 11.5 Å². The molecule has 0 atom stereocenters. The second-order valence-electron chi connectivity index (χ2n) is 9.90. The van der Waals surface area contributed by atoms with Crippen molar-refractivity contribution in [1.29, 1.82) is 0 Å². The first-order chi connectivity index (χ1) is 18.6. The summed E-state index contributed by atoms with van der Waals surface area (Å²) in [6, 6.07) is 18.1. The van der Waals surface area contributed by atoms with Crippen LogP contribution in [0.1, 0.15) is 54.7 Å². The second-order valence-corrected chi connectivity index (χ2v) is 10.3. The number of carboxylic acid groups (broad SMARTS) is 1. The van der Waals surface area contributed by atoms with E-state index >= 15 is 0 Å². The van der Waals surface area contributed by atoms with Gasteiger partial charge < -0.3 is 19.5 Å². The summed E-state index contributed by atoms with van der Waals surface area (Å²) in [4.78, 5) is 17.9. The van der Waals surface area contributed by atoms with E-state index in [1.165, 1.54) is 11.1 Å². The zero-order chi connectivity index (χ0) is 26.3. The van der Waals surface area contributed by atoms with Crippen LogP contribution in [0.4, 0.5) is 0 Å². The van der Waals surface area contributed by atoms with Crippen molar-refractivity contribution < 1.29 is 19.4 Å². The molecule has 2 aromatic carbocycles. The van der Waals surface area contributed by atoms with Gasteiger partial charge in [0.05, 0.1) is 6.61 Å². The summed E-state index contributed by atoms with van der Waals surface area (Å²) in [5.41, 5.74) is 4.53. The quantitative estimate of drug-likeness (QED) is 0.300. The Morgan fingerprint density at radius 3 is 2.74 bits per heavy atom. The fourth-order valence-electron chi connectivity index (χ4n) is 5.29. The third-order valence-electron chi connectivity index (χ3n) is 7.34. The van der Waals surface area contributed by atoms with Gasteiger partial charge in [-0.2, -0.15) is 0 Å². The summed E-state index contributed by atoms with van der Waals surface area (Å²) in [7, 11) is 0. The zero-order valence-electron chi connectivity index (χ0n) is 21.4. The Hall–Kier alpha value is -3.35. The molecule has 7 heteroatoms. The largest absolute Gasteiger partial charge is 0.493 e. The third-order valence-corrected chi connectivity index (χ3v) is 7.59. The van der Waals surface area contributed by atoms with E-state index < -0.39 is 5.97 Å². The minimum atomic E-state index is -0.815. The molecule has 0 unspecified atom stereocenters. The van der Waals surface area contributed by atoms with Gasteiger partial charge in [-0.3, -0.25) is 4.79 Å². The number of aliphatic carboxylic acids is 1. The van der Waals surface area contributed by atoms with Crippen molar-refractivity contribution in [3.8, 4) is 17.4 Å². The number of allylic oxidation sites excluding steroid dienone is 1. The Balaban J connectivity index is 1.25. The normalized spacial score (nSPS) is 16.8. The minimum absolute atomic E-state index is 0.0863. The van der Waals surface area contributed by atoms with Crippen molar-refractivity contribution >= 4 is 23.1 Å². The van der Waals surface area contributed by atoms with Crippen molar-refractivity contribution in [1.82, 2.24) is 9.88 Å². The van der Waals surface area contributed by atoms with Crippen molar-refractivity contribution in [2.45, 2.75) is 44.4 Å². The molecule has 0 saturated carbocycles. The fourth-order valence-corrected chi connectivity index (χ4v) is 5.42. The number of rotatable bonds is 9. The molecule has 2 aliphatic heterocycles. The molecule has 38 heavy (non-hydrogen) atoms. The molecule has 0 amide bonds. The maximum absolute atomic E-state index is 10.9. The van der Waals surface area contributed by atoms with Gasteiger partial charge in [-0.25, -0.2) is 4.98 Å². The molecule has 1 N–H and O–H groups in total. The highest BCUT2D eigenvalue weighted by Gasteiger charge is 2.23. The average molecular weight is 533 g/mol. The standard InChI is InChI=1S/C31H33ClN2O4/c32-25-12-10-22(11-13-25)23-14-18-34(19-15-23)17-3-5-24-21-27-28(37-20-4-9-30(35)36)7-1-8-29(27)38-31-26(24)6-2-16-33-31/h1-2,5-8,10-13,16,23H,3-4,9,14-15,17-21H2,(H,35,36)/b24-5-. The van der Waals surface area contributed by atoms with E-state index in [2.05, 4.69) is 34.2 Å². The SMILES string of the molecule is O=C(O)CCCOc1cccc2c1C/C(=C/CCN1CCC(c3ccc(Cl)cc3)CC1)c1cccnc1O2. The molecule has 1 aromatic heterocycles. The minimum Gasteiger partial charge on any atom is -0.493 e. The first-order valence-electron chi connectivity index (χ1n) is 13.3. The number of ether oxygens (including phenoxy) is 2. The molecule has 1 fully saturated rings. The number of halogens is 1. The second kappa shape index (κ2) is 12.5. The highest BCUT2D eigenvalue weighted by atomic mass is 35.5. The van der Waals surface area contributed by atoms with Crippen molar-refractivity contribution in [3.63, 3.8) is 0 Å². The Morgan fingerprint density at radius 2 is 1.95 bits per heavy atom. The summed E-state index contributed by atoms with van der Waals surface area (Å²) < 4.78 is 12.2. The lowest BCUT2D eigenvalue weighted by Crippen LogP contribution is -2.33. The number of carboxylic acids is 1. The monoisotopic (exact) mass is 532 g/mol. The lowest BCUT2D eigenvalue weighted by atomic mass is 9.89. The van der Waals surface area contributed by atoms with Gasteiger partial charge in [-0.15, -0.1) is 0 Å². The number of carbonyl (C=O) groups is 1. The predicted molar refractivity (Wildman–Crippen MR) is 149 cm³/mol. The topological polar surface area (TPSA) is 71.9 Å². The summed E-state index contributed by atoms with van der Waals surface area (Å²) >= 11 is 6.06. The summed E-state index contributed by atoms with van der Waals surface area (Å²) in [6.07, 6.45) is 8.53. The van der Waals surface area contributed by atoms with E-state index in [0.717, 1.165) is 66.5 Å². The van der Waals surface area contributed by atoms with Crippen molar-refractivity contribution in [2.24, 2.45) is 0 Å². The van der Waals surface area contributed by atoms with Crippen LogP contribution in [0.15, 0.2) is 66.9 Å². The van der Waals surface area contributed by atoms with E-state index in [4.69, 9.17) is 26.2 Å². The number of fused-ring (bicyclic) bond motifs is 2. The van der Waals surface area contributed by atoms with Crippen LogP contribution in [0.2, 0.25) is 5.02 Å². The summed E-state index contributed by atoms with van der Waals surface area (Å²) in [6.45, 7) is 3.54. The predicted octanol–water partition coefficient (Wildman–Crippen LogP) is 6.98. The Morgan fingerprint density at radius 1 is 1.13 bits per heavy atom. The molecule has 0 radical (unpaired) electrons. The van der Waals surface area contributed by atoms with Crippen molar-refractivity contribution in [2.75, 3.05) is 26.2 Å². The van der Waals surface area contributed by atoms with Crippen LogP contribution >= 0.6 is 11.6 Å². The Labute approximate surface area is 228 Å². The van der Waals surface area contributed by atoms with E-state index in [1.54, 1.807) is 6.20 Å². The number of hydrogen-bond donors (Lipinski definition) is 1. The van der Waals surface area contributed by atoms with Crippen LogP contribution in [0.25, 0.3) is 5.57 Å². The van der Waals surface area contributed by atoms with Crippen LogP contribution < -0.4 is 9.47 Å². The smallest absolute Gasteiger partial charge is 0.303 e. The van der Waals surface area contributed by atoms with Gasteiger partial charge >= 0.3 is 5.97 Å². The van der Waals surface area contributed by atoms with Gasteiger partial charge in [-0.05, 0) is 92.2 Å². The molecular formula is C31H33ClN2O4. The number of aromatic nitrogens is 1. The molecule has 5 rings (SSSR count). The van der Waals surface area contributed by atoms with Crippen LogP contribution in [0.3, 0.4) is 0 Å². The number of pyridine rings is 1. The molecule has 0 aliphatic carbocycles. The van der Waals surface area contributed by atoms with Crippen molar-refractivity contribution in [3.05, 3.63) is 88.6 Å². The Bertz CT molecular complexity index is 1280. The lowest BCUT2D eigenvalue weighted by Gasteiger charge is -2.32. The molecule has 0 spiro atoms. The number of nitrogens with zero attached hydrogens (tertiary/aromatic N) is 2. The van der Waals surface area contributed by atoms with E-state index in [-0.39, 0.29) is 6.42 Å². The maximum Gasteiger partial charge on any atom is 0.303 e. The van der Waals surface area contributed by atoms with E-state index in [1.807, 2.05) is 36.4 Å². The van der Waals surface area contributed by atoms with Gasteiger partial charge in [0.2, 0.25) is 5.88 Å². The van der Waals surface area contributed by atoms with Gasteiger partial charge in [0.15, 0.2) is 0 Å². The average Bonchev–Trinajstić information content (AvgIpc) is 3.09. The van der Waals surface area contributed by atoms with Crippen LogP contribution in [0.5, 0.6) is 17.4 Å². The highest BCUT2D eigenvalue weighted by Crippen LogP contribution is 2.41. The lowest BCUT2D eigenvalue weighted by molar-refractivity contribution is -0.137. The van der Waals surface area contributed by atoms with Crippen LogP contribution in [-0.2, 0) is 11.2 Å². The molecule has 0 bridgehead atoms. The molecule has 3 heterocycles. The molecule has 3 aromatic rings. The molecule has 2 aliphatic rings. The number of benzene rings is 2. The summed E-state index contributed by atoms with van der Waals surface area (Å²) in [5.74, 6) is 1.85. The molecule has 6 nitrogen and oxygen atoms in total. The van der Waals surface area contributed by atoms with Gasteiger partial charge in [0, 0.05) is 41.7 Å². The van der Waals surface area contributed by atoms with Gasteiger partial charge in [-0.1, -0.05) is 35.9 Å². The highest BCUT2D eigenvalue weighted by molar-refractivity contribution is 6.30. The first kappa shape index (κ1) is 26.3. The third kappa shape index (κ3) is 6.55. The summed E-state index contributed by atoms with van der Waals surface area (Å²) in [5, 5.41) is 9.72. The van der Waals surface area contributed by atoms with Gasteiger partial charge in [0.25, 0.3) is 0 Å². The molecular weight excluding hydrogens is 500 g/mol. The van der Waals surface area contributed by atoms with E-state index in [9.17, 15) is 4.79 Å². The van der Waals surface area contributed by atoms with Crippen LogP contribution in [-0.4, -0.2) is 47.2 Å². The number of hydrogen-bond acceptors (Lipinski definition) is 5. The number of likely N-dealkylation sites (tertiary alicyclic amines) is 1. The first-order valence-corrected chi connectivity index (χ1v) is 13.7. The van der Waals surface area contributed by atoms with Crippen LogP contribution in [0, 0.1) is 0 Å². The molecule has 1 saturated heterocycles. The molecule has 198 valence electrons. The zero-order valence-corrected chi connectivity index (χ0v) is 22.2. The number of piperidine rings is 1. The maximum atomic E-state index is 10.9. The Kier molecular flexibility index (Phi) is 8.61. The fraction of sp³-hybridized carbons (Fsp3) is 0.355.